The van der Waals surface area contributed by atoms with Gasteiger partial charge in [-0.15, -0.1) is 0 Å². The number of halogens is 1. The number of aliphatic hydroxyl groups is 1. The molecule has 4 nitrogen and oxygen atoms in total. The molecule has 1 heterocycles. The quantitative estimate of drug-likeness (QED) is 0.877. The van der Waals surface area contributed by atoms with Crippen LogP contribution in [0.15, 0.2) is 24.3 Å². The van der Waals surface area contributed by atoms with Gasteiger partial charge >= 0.3 is 0 Å². The van der Waals surface area contributed by atoms with E-state index in [0.29, 0.717) is 0 Å². The van der Waals surface area contributed by atoms with Crippen molar-refractivity contribution in [3.8, 4) is 0 Å². The second-order valence-corrected chi connectivity index (χ2v) is 5.91. The Hall–Kier alpha value is -1.46. The van der Waals surface area contributed by atoms with Gasteiger partial charge in [-0.25, -0.2) is 4.39 Å². The normalized spacial score (nSPS) is 19.2. The topological polar surface area (TPSA) is 52.6 Å². The molecule has 0 spiro atoms. The summed E-state index contributed by atoms with van der Waals surface area (Å²) in [6, 6.07) is 5.87. The predicted octanol–water partition coefficient (Wildman–Crippen LogP) is 2.24. The predicted molar refractivity (Wildman–Crippen MR) is 83.9 cm³/mol. The lowest BCUT2D eigenvalue weighted by Crippen LogP contribution is -2.46. The molecule has 5 heteroatoms. The van der Waals surface area contributed by atoms with Gasteiger partial charge in [0.05, 0.1) is 12.1 Å². The van der Waals surface area contributed by atoms with Gasteiger partial charge < -0.3 is 10.4 Å². The zero-order chi connectivity index (χ0) is 15.9. The van der Waals surface area contributed by atoms with E-state index in [-0.39, 0.29) is 24.1 Å². The SMILES string of the molecule is CC(C(=O)NCC(O)c1ccccc1F)N1CCCCCC1. The van der Waals surface area contributed by atoms with Crippen LogP contribution in [0.5, 0.6) is 0 Å². The third-order valence-corrected chi connectivity index (χ3v) is 4.30. The van der Waals surface area contributed by atoms with Crippen LogP contribution in [-0.4, -0.2) is 41.6 Å². The number of amides is 1. The maximum Gasteiger partial charge on any atom is 0.237 e. The number of carbonyl (C=O) groups excluding carboxylic acids is 1. The summed E-state index contributed by atoms with van der Waals surface area (Å²) in [5.41, 5.74) is 0.213. The number of benzene rings is 1. The van der Waals surface area contributed by atoms with Crippen molar-refractivity contribution in [3.05, 3.63) is 35.6 Å². The number of nitrogens with zero attached hydrogens (tertiary/aromatic N) is 1. The van der Waals surface area contributed by atoms with Crippen molar-refractivity contribution in [2.75, 3.05) is 19.6 Å². The van der Waals surface area contributed by atoms with Gasteiger partial charge in [0.1, 0.15) is 5.82 Å². The van der Waals surface area contributed by atoms with Crippen molar-refractivity contribution in [2.24, 2.45) is 0 Å². The Balaban J connectivity index is 1.85. The first kappa shape index (κ1) is 16.9. The first-order chi connectivity index (χ1) is 10.6. The number of nitrogens with one attached hydrogen (secondary N) is 1. The second-order valence-electron chi connectivity index (χ2n) is 5.91. The summed E-state index contributed by atoms with van der Waals surface area (Å²) >= 11 is 0. The van der Waals surface area contributed by atoms with E-state index >= 15 is 0 Å². The summed E-state index contributed by atoms with van der Waals surface area (Å²) in [6.07, 6.45) is 3.65. The van der Waals surface area contributed by atoms with E-state index in [4.69, 9.17) is 0 Å². The van der Waals surface area contributed by atoms with Crippen LogP contribution in [0.25, 0.3) is 0 Å². The lowest BCUT2D eigenvalue weighted by molar-refractivity contribution is -0.126. The van der Waals surface area contributed by atoms with Crippen LogP contribution in [0.3, 0.4) is 0 Å². The monoisotopic (exact) mass is 308 g/mol. The largest absolute Gasteiger partial charge is 0.386 e. The first-order valence-electron chi connectivity index (χ1n) is 8.04. The maximum absolute atomic E-state index is 13.6. The summed E-state index contributed by atoms with van der Waals surface area (Å²) in [6.45, 7) is 3.78. The van der Waals surface area contributed by atoms with Crippen molar-refractivity contribution in [2.45, 2.75) is 44.8 Å². The highest BCUT2D eigenvalue weighted by Gasteiger charge is 2.23. The molecule has 1 amide bonds. The summed E-state index contributed by atoms with van der Waals surface area (Å²) in [5, 5.41) is 12.7. The van der Waals surface area contributed by atoms with Crippen LogP contribution in [-0.2, 0) is 4.79 Å². The van der Waals surface area contributed by atoms with Crippen LogP contribution >= 0.6 is 0 Å². The van der Waals surface area contributed by atoms with Gasteiger partial charge in [0.25, 0.3) is 0 Å². The molecule has 1 aliphatic rings. The zero-order valence-corrected chi connectivity index (χ0v) is 13.1. The fraction of sp³-hybridized carbons (Fsp3) is 0.588. The van der Waals surface area contributed by atoms with Crippen LogP contribution in [0, 0.1) is 5.82 Å². The minimum absolute atomic E-state index is 0.0257. The van der Waals surface area contributed by atoms with Crippen molar-refractivity contribution in [1.29, 1.82) is 0 Å². The van der Waals surface area contributed by atoms with Crippen molar-refractivity contribution < 1.29 is 14.3 Å². The highest BCUT2D eigenvalue weighted by Crippen LogP contribution is 2.16. The molecule has 1 fully saturated rings. The van der Waals surface area contributed by atoms with Crippen LogP contribution in [0.1, 0.15) is 44.3 Å². The molecule has 2 N–H and O–H groups in total. The lowest BCUT2D eigenvalue weighted by atomic mass is 10.1. The van der Waals surface area contributed by atoms with Crippen molar-refractivity contribution in [3.63, 3.8) is 0 Å². The van der Waals surface area contributed by atoms with Crippen molar-refractivity contribution >= 4 is 5.91 Å². The van der Waals surface area contributed by atoms with E-state index in [2.05, 4.69) is 10.2 Å². The number of likely N-dealkylation sites (tertiary alicyclic amines) is 1. The van der Waals surface area contributed by atoms with Gasteiger partial charge in [-0.2, -0.15) is 0 Å². The number of carbonyl (C=O) groups is 1. The van der Waals surface area contributed by atoms with Gasteiger partial charge in [-0.05, 0) is 38.9 Å². The van der Waals surface area contributed by atoms with E-state index < -0.39 is 11.9 Å². The molecule has 2 atom stereocenters. The number of hydrogen-bond donors (Lipinski definition) is 2. The summed E-state index contributed by atoms with van der Waals surface area (Å²) in [5.74, 6) is -0.567. The fourth-order valence-corrected chi connectivity index (χ4v) is 2.85. The third-order valence-electron chi connectivity index (χ3n) is 4.30. The smallest absolute Gasteiger partial charge is 0.237 e. The van der Waals surface area contributed by atoms with Crippen molar-refractivity contribution in [1.82, 2.24) is 10.2 Å². The van der Waals surface area contributed by atoms with Crippen LogP contribution in [0.2, 0.25) is 0 Å². The van der Waals surface area contributed by atoms with Crippen LogP contribution in [0.4, 0.5) is 4.39 Å². The van der Waals surface area contributed by atoms with E-state index in [1.165, 1.54) is 25.0 Å². The highest BCUT2D eigenvalue weighted by molar-refractivity contribution is 5.81. The summed E-state index contributed by atoms with van der Waals surface area (Å²) in [7, 11) is 0. The maximum atomic E-state index is 13.6. The number of hydrogen-bond acceptors (Lipinski definition) is 3. The standard InChI is InChI=1S/C17H25FN2O2/c1-13(20-10-6-2-3-7-11-20)17(22)19-12-16(21)14-8-4-5-9-15(14)18/h4-5,8-9,13,16,21H,2-3,6-7,10-12H2,1H3,(H,19,22). The Kier molecular flexibility index (Phi) is 6.34. The molecule has 1 aromatic carbocycles. The average molecular weight is 308 g/mol. The van der Waals surface area contributed by atoms with E-state index in [1.807, 2.05) is 6.92 Å². The number of rotatable bonds is 5. The Morgan fingerprint density at radius 1 is 1.27 bits per heavy atom. The molecule has 0 aliphatic carbocycles. The lowest BCUT2D eigenvalue weighted by Gasteiger charge is -2.27. The second kappa shape index (κ2) is 8.25. The molecule has 0 saturated carbocycles. The molecule has 2 rings (SSSR count). The van der Waals surface area contributed by atoms with E-state index in [0.717, 1.165) is 25.9 Å². The average Bonchev–Trinajstić information content (AvgIpc) is 2.81. The molecule has 0 aromatic heterocycles. The number of aliphatic hydroxyl groups excluding tert-OH is 1. The molecule has 1 saturated heterocycles. The first-order valence-corrected chi connectivity index (χ1v) is 8.04. The van der Waals surface area contributed by atoms with Gasteiger partial charge in [0, 0.05) is 12.1 Å². The zero-order valence-electron chi connectivity index (χ0n) is 13.1. The van der Waals surface area contributed by atoms with Gasteiger partial charge in [0.2, 0.25) is 5.91 Å². The molecule has 1 aromatic rings. The fourth-order valence-electron chi connectivity index (χ4n) is 2.85. The summed E-state index contributed by atoms with van der Waals surface area (Å²) < 4.78 is 13.6. The third kappa shape index (κ3) is 4.52. The van der Waals surface area contributed by atoms with E-state index in [9.17, 15) is 14.3 Å². The minimum atomic E-state index is -1.03. The molecule has 1 aliphatic heterocycles. The van der Waals surface area contributed by atoms with Crippen LogP contribution < -0.4 is 5.32 Å². The minimum Gasteiger partial charge on any atom is -0.386 e. The molecular formula is C17H25FN2O2. The Labute approximate surface area is 131 Å². The van der Waals surface area contributed by atoms with Gasteiger partial charge in [-0.1, -0.05) is 31.0 Å². The Bertz CT molecular complexity index is 487. The molecule has 2 unspecified atom stereocenters. The highest BCUT2D eigenvalue weighted by atomic mass is 19.1. The molecule has 122 valence electrons. The van der Waals surface area contributed by atoms with E-state index in [1.54, 1.807) is 12.1 Å². The molecule has 22 heavy (non-hydrogen) atoms. The Morgan fingerprint density at radius 2 is 1.91 bits per heavy atom. The van der Waals surface area contributed by atoms with Gasteiger partial charge in [-0.3, -0.25) is 9.69 Å². The summed E-state index contributed by atoms with van der Waals surface area (Å²) in [4.78, 5) is 14.4. The molecule has 0 radical (unpaired) electrons. The molecule has 0 bridgehead atoms. The van der Waals surface area contributed by atoms with Gasteiger partial charge in [0.15, 0.2) is 0 Å². The molecular weight excluding hydrogens is 283 g/mol. The Morgan fingerprint density at radius 3 is 2.55 bits per heavy atom.